The van der Waals surface area contributed by atoms with Crippen LogP contribution in [0.2, 0.25) is 0 Å². The third-order valence-electron chi connectivity index (χ3n) is 4.16. The lowest BCUT2D eigenvalue weighted by atomic mass is 9.86. The number of carboxylic acid groups (broad SMARTS) is 1. The maximum Gasteiger partial charge on any atom is 0.335 e. The summed E-state index contributed by atoms with van der Waals surface area (Å²) in [5, 5.41) is 9.41. The number of benzene rings is 2. The van der Waals surface area contributed by atoms with Gasteiger partial charge in [-0.1, -0.05) is 45.0 Å². The highest BCUT2D eigenvalue weighted by atomic mass is 16.4. The molecule has 0 aliphatic rings. The summed E-state index contributed by atoms with van der Waals surface area (Å²) in [5.41, 5.74) is 1.81. The molecule has 1 heterocycles. The molecule has 1 aromatic heterocycles. The first kappa shape index (κ1) is 16.7. The Morgan fingerprint density at radius 2 is 1.76 bits per heavy atom. The zero-order valence-electron chi connectivity index (χ0n) is 14.3. The van der Waals surface area contributed by atoms with Crippen molar-refractivity contribution >= 4 is 16.9 Å². The molecule has 0 radical (unpaired) electrons. The fraction of sp³-hybridized carbons (Fsp3) is 0.211. The number of hydrogen-bond donors (Lipinski definition) is 2. The number of nitrogen functional groups attached to an aromatic ring is 1. The second-order valence-corrected chi connectivity index (χ2v) is 6.97. The van der Waals surface area contributed by atoms with Crippen LogP contribution in [0.1, 0.15) is 36.7 Å². The SMILES string of the molecule is CC(C)(C)c1ccc(-c2nc3cc(C(=O)O)ccc3c(=O)n2N)cc1. The molecule has 6 nitrogen and oxygen atoms in total. The van der Waals surface area contributed by atoms with Crippen LogP contribution in [0.4, 0.5) is 0 Å². The Labute approximate surface area is 144 Å². The molecule has 6 heteroatoms. The summed E-state index contributed by atoms with van der Waals surface area (Å²) < 4.78 is 0.995. The zero-order valence-corrected chi connectivity index (χ0v) is 14.3. The first-order valence-corrected chi connectivity index (χ1v) is 7.84. The van der Waals surface area contributed by atoms with Gasteiger partial charge in [-0.15, -0.1) is 0 Å². The van der Waals surface area contributed by atoms with E-state index in [9.17, 15) is 9.59 Å². The Balaban J connectivity index is 2.20. The molecule has 0 saturated carbocycles. The minimum absolute atomic E-state index is 0.00805. The van der Waals surface area contributed by atoms with Crippen molar-refractivity contribution in [3.05, 3.63) is 63.9 Å². The first-order valence-electron chi connectivity index (χ1n) is 7.84. The van der Waals surface area contributed by atoms with E-state index in [1.165, 1.54) is 18.2 Å². The van der Waals surface area contributed by atoms with Crippen molar-refractivity contribution in [3.63, 3.8) is 0 Å². The quantitative estimate of drug-likeness (QED) is 0.701. The van der Waals surface area contributed by atoms with Crippen molar-refractivity contribution in [1.82, 2.24) is 9.66 Å². The summed E-state index contributed by atoms with van der Waals surface area (Å²) in [7, 11) is 0. The normalized spacial score (nSPS) is 11.6. The van der Waals surface area contributed by atoms with Crippen molar-refractivity contribution in [2.75, 3.05) is 5.84 Å². The molecule has 3 aromatic rings. The lowest BCUT2D eigenvalue weighted by molar-refractivity contribution is 0.0697. The second-order valence-electron chi connectivity index (χ2n) is 6.97. The molecule has 0 fully saturated rings. The highest BCUT2D eigenvalue weighted by Gasteiger charge is 2.16. The minimum atomic E-state index is -1.07. The molecule has 0 aliphatic heterocycles. The molecule has 0 spiro atoms. The number of hydrogen-bond acceptors (Lipinski definition) is 4. The number of aromatic carboxylic acids is 1. The maximum absolute atomic E-state index is 12.5. The molecule has 0 amide bonds. The van der Waals surface area contributed by atoms with Crippen molar-refractivity contribution in [3.8, 4) is 11.4 Å². The second kappa shape index (κ2) is 5.73. The first-order chi connectivity index (χ1) is 11.7. The summed E-state index contributed by atoms with van der Waals surface area (Å²) in [4.78, 5) is 28.0. The average Bonchev–Trinajstić information content (AvgIpc) is 2.57. The number of nitrogens with zero attached hydrogens (tertiary/aromatic N) is 2. The molecule has 3 N–H and O–H groups in total. The molecule has 128 valence electrons. The van der Waals surface area contributed by atoms with Gasteiger partial charge in [-0.05, 0) is 29.2 Å². The lowest BCUT2D eigenvalue weighted by Gasteiger charge is -2.19. The Morgan fingerprint density at radius 3 is 2.32 bits per heavy atom. The van der Waals surface area contributed by atoms with Crippen LogP contribution in [0.15, 0.2) is 47.3 Å². The lowest BCUT2D eigenvalue weighted by Crippen LogP contribution is -2.30. The van der Waals surface area contributed by atoms with Crippen LogP contribution in [0.25, 0.3) is 22.3 Å². The van der Waals surface area contributed by atoms with Crippen molar-refractivity contribution in [2.24, 2.45) is 0 Å². The number of nitrogens with two attached hydrogens (primary N) is 1. The Morgan fingerprint density at radius 1 is 1.12 bits per heavy atom. The maximum atomic E-state index is 12.5. The number of aromatic nitrogens is 2. The van der Waals surface area contributed by atoms with Crippen molar-refractivity contribution in [1.29, 1.82) is 0 Å². The molecule has 2 aromatic carbocycles. The highest BCUT2D eigenvalue weighted by Crippen LogP contribution is 2.25. The number of rotatable bonds is 2. The fourth-order valence-electron chi connectivity index (χ4n) is 2.65. The van der Waals surface area contributed by atoms with Crippen LogP contribution >= 0.6 is 0 Å². The molecule has 0 bridgehead atoms. The third kappa shape index (κ3) is 2.98. The average molecular weight is 337 g/mol. The molecule has 0 unspecified atom stereocenters. The molecule has 3 rings (SSSR count). The van der Waals surface area contributed by atoms with Crippen LogP contribution in [-0.2, 0) is 5.41 Å². The van der Waals surface area contributed by atoms with Gasteiger partial charge in [-0.3, -0.25) is 4.79 Å². The molecule has 0 atom stereocenters. The van der Waals surface area contributed by atoms with Gasteiger partial charge >= 0.3 is 5.97 Å². The van der Waals surface area contributed by atoms with E-state index < -0.39 is 11.5 Å². The van der Waals surface area contributed by atoms with Crippen LogP contribution in [-0.4, -0.2) is 20.7 Å². The molecular weight excluding hydrogens is 318 g/mol. The molecule has 25 heavy (non-hydrogen) atoms. The Bertz CT molecular complexity index is 1030. The van der Waals surface area contributed by atoms with E-state index in [1.54, 1.807) is 0 Å². The van der Waals surface area contributed by atoms with Crippen molar-refractivity contribution in [2.45, 2.75) is 26.2 Å². The summed E-state index contributed by atoms with van der Waals surface area (Å²) in [6.45, 7) is 6.34. The number of carboxylic acids is 1. The van der Waals surface area contributed by atoms with Gasteiger partial charge in [-0.2, -0.15) is 0 Å². The van der Waals surface area contributed by atoms with Gasteiger partial charge in [0.2, 0.25) is 0 Å². The van der Waals surface area contributed by atoms with E-state index in [1.807, 2.05) is 24.3 Å². The minimum Gasteiger partial charge on any atom is -0.478 e. The Hall–Kier alpha value is -3.15. The van der Waals surface area contributed by atoms with Crippen LogP contribution in [0.3, 0.4) is 0 Å². The predicted molar refractivity (Wildman–Crippen MR) is 97.2 cm³/mol. The zero-order chi connectivity index (χ0) is 18.4. The molecule has 0 saturated heterocycles. The van der Waals surface area contributed by atoms with Crippen molar-refractivity contribution < 1.29 is 9.90 Å². The third-order valence-corrected chi connectivity index (χ3v) is 4.16. The molecular formula is C19H19N3O3. The van der Waals surface area contributed by atoms with Crippen LogP contribution in [0, 0.1) is 0 Å². The van der Waals surface area contributed by atoms with E-state index in [0.29, 0.717) is 16.9 Å². The summed E-state index contributed by atoms with van der Waals surface area (Å²) in [6, 6.07) is 11.8. The van der Waals surface area contributed by atoms with Gasteiger partial charge in [0, 0.05) is 5.56 Å². The number of fused-ring (bicyclic) bond motifs is 1. The molecule has 0 aliphatic carbocycles. The van der Waals surface area contributed by atoms with E-state index in [0.717, 1.165) is 10.2 Å². The van der Waals surface area contributed by atoms with Gasteiger partial charge in [0.05, 0.1) is 16.5 Å². The van der Waals surface area contributed by atoms with Gasteiger partial charge in [-0.25, -0.2) is 14.5 Å². The van der Waals surface area contributed by atoms with E-state index in [2.05, 4.69) is 25.8 Å². The topological polar surface area (TPSA) is 98.2 Å². The van der Waals surface area contributed by atoms with E-state index >= 15 is 0 Å². The summed E-state index contributed by atoms with van der Waals surface area (Å²) >= 11 is 0. The van der Waals surface area contributed by atoms with E-state index in [-0.39, 0.29) is 16.4 Å². The monoisotopic (exact) mass is 337 g/mol. The van der Waals surface area contributed by atoms with Gasteiger partial charge in [0.1, 0.15) is 0 Å². The summed E-state index contributed by atoms with van der Waals surface area (Å²) in [6.07, 6.45) is 0. The predicted octanol–water partition coefficient (Wildman–Crippen LogP) is 2.77. The van der Waals surface area contributed by atoms with Crippen LogP contribution in [0.5, 0.6) is 0 Å². The number of carbonyl (C=O) groups is 1. The van der Waals surface area contributed by atoms with Gasteiger partial charge < -0.3 is 10.9 Å². The van der Waals surface area contributed by atoms with Gasteiger partial charge in [0.25, 0.3) is 5.56 Å². The standard InChI is InChI=1S/C19H19N3O3/c1-19(2,3)13-7-4-11(5-8-13)16-21-15-10-12(18(24)25)6-9-14(15)17(23)22(16)20/h4-10H,20H2,1-3H3,(H,24,25). The smallest absolute Gasteiger partial charge is 0.335 e. The van der Waals surface area contributed by atoms with Crippen LogP contribution < -0.4 is 11.4 Å². The largest absolute Gasteiger partial charge is 0.478 e. The highest BCUT2D eigenvalue weighted by molar-refractivity contribution is 5.93. The van der Waals surface area contributed by atoms with E-state index in [4.69, 9.17) is 10.9 Å². The summed E-state index contributed by atoms with van der Waals surface area (Å²) in [5.74, 6) is 5.15. The fourth-order valence-corrected chi connectivity index (χ4v) is 2.65. The van der Waals surface area contributed by atoms with Gasteiger partial charge in [0.15, 0.2) is 5.82 Å². The Kier molecular flexibility index (Phi) is 3.83.